The molecule has 1 atom stereocenters. The Balaban J connectivity index is 2.14. The molecule has 1 aliphatic rings. The number of rotatable bonds is 6. The molecule has 1 unspecified atom stereocenters. The zero-order valence-electron chi connectivity index (χ0n) is 19.1. The van der Waals surface area contributed by atoms with Gasteiger partial charge in [0, 0.05) is 34.7 Å². The van der Waals surface area contributed by atoms with Gasteiger partial charge < -0.3 is 20.4 Å². The van der Waals surface area contributed by atoms with Gasteiger partial charge in [0.2, 0.25) is 5.72 Å². The first-order valence-corrected chi connectivity index (χ1v) is 10.3. The number of piperazine rings is 1. The minimum atomic E-state index is -1.39. The van der Waals surface area contributed by atoms with E-state index in [9.17, 15) is 9.59 Å². The highest BCUT2D eigenvalue weighted by atomic mass is 16.5. The molecule has 3 N–H and O–H groups in total. The Labute approximate surface area is 183 Å². The van der Waals surface area contributed by atoms with E-state index in [1.165, 1.54) is 25.2 Å². The maximum atomic E-state index is 12.7. The Hall–Kier alpha value is -3.12. The minimum absolute atomic E-state index is 0.176. The lowest BCUT2D eigenvalue weighted by molar-refractivity contribution is -0.153. The molecule has 0 saturated carbocycles. The summed E-state index contributed by atoms with van der Waals surface area (Å²) in [6, 6.07) is 6.27. The van der Waals surface area contributed by atoms with Crippen LogP contribution in [0.4, 0.5) is 0 Å². The highest BCUT2D eigenvalue weighted by Crippen LogP contribution is 2.34. The molecule has 1 aromatic carbocycles. The Morgan fingerprint density at radius 3 is 2.58 bits per heavy atom. The number of hydrogen-bond donors (Lipinski definition) is 3. The van der Waals surface area contributed by atoms with Crippen LogP contribution in [0.25, 0.3) is 17.0 Å². The molecule has 2 aromatic rings. The number of hydrogen-bond acceptors (Lipinski definition) is 3. The molecule has 1 saturated heterocycles. The molecule has 1 fully saturated rings. The third-order valence-corrected chi connectivity index (χ3v) is 5.78. The van der Waals surface area contributed by atoms with Gasteiger partial charge in [-0.2, -0.15) is 0 Å². The fraction of sp³-hybridized carbons (Fsp3) is 0.360. The molecule has 2 heterocycles. The molecule has 31 heavy (non-hydrogen) atoms. The second kappa shape index (κ2) is 8.19. The zero-order chi connectivity index (χ0) is 23.0. The summed E-state index contributed by atoms with van der Waals surface area (Å²) < 4.78 is 5.17. The van der Waals surface area contributed by atoms with Crippen LogP contribution in [-0.4, -0.2) is 29.6 Å². The SMILES string of the molecule is C=CC(C)(C)c1[nH]c2cc(CC=C(C)C)ccc2c1C=C1NC(=O)C(C)(OC)NC1=O. The Kier molecular flexibility index (Phi) is 5.96. The second-order valence-electron chi connectivity index (χ2n) is 8.91. The van der Waals surface area contributed by atoms with Gasteiger partial charge in [-0.15, -0.1) is 6.58 Å². The lowest BCUT2D eigenvalue weighted by Crippen LogP contribution is -2.63. The van der Waals surface area contributed by atoms with Crippen LogP contribution in [0.5, 0.6) is 0 Å². The van der Waals surface area contributed by atoms with Gasteiger partial charge in [-0.1, -0.05) is 43.7 Å². The van der Waals surface area contributed by atoms with Crippen LogP contribution in [0.15, 0.2) is 48.2 Å². The predicted octanol–water partition coefficient (Wildman–Crippen LogP) is 4.09. The topological polar surface area (TPSA) is 83.2 Å². The molecule has 6 nitrogen and oxygen atoms in total. The second-order valence-corrected chi connectivity index (χ2v) is 8.91. The van der Waals surface area contributed by atoms with Crippen molar-refractivity contribution in [2.75, 3.05) is 7.11 Å². The highest BCUT2D eigenvalue weighted by molar-refractivity contribution is 6.09. The molecule has 0 bridgehead atoms. The van der Waals surface area contributed by atoms with E-state index in [-0.39, 0.29) is 11.1 Å². The number of nitrogens with one attached hydrogen (secondary N) is 3. The average Bonchev–Trinajstić information content (AvgIpc) is 3.09. The summed E-state index contributed by atoms with van der Waals surface area (Å²) in [7, 11) is 1.38. The number of ether oxygens (including phenoxy) is 1. The van der Waals surface area contributed by atoms with E-state index in [2.05, 4.69) is 74.2 Å². The summed E-state index contributed by atoms with van der Waals surface area (Å²) in [4.78, 5) is 28.7. The van der Waals surface area contributed by atoms with Crippen molar-refractivity contribution in [1.82, 2.24) is 15.6 Å². The van der Waals surface area contributed by atoms with Gasteiger partial charge >= 0.3 is 0 Å². The number of aromatic amines is 1. The van der Waals surface area contributed by atoms with E-state index in [0.717, 1.165) is 28.6 Å². The van der Waals surface area contributed by atoms with Crippen molar-refractivity contribution >= 4 is 28.8 Å². The maximum absolute atomic E-state index is 12.7. The van der Waals surface area contributed by atoms with Crippen LogP contribution in [0.2, 0.25) is 0 Å². The zero-order valence-corrected chi connectivity index (χ0v) is 19.1. The van der Waals surface area contributed by atoms with Gasteiger partial charge in [0.05, 0.1) is 0 Å². The van der Waals surface area contributed by atoms with Crippen molar-refractivity contribution in [1.29, 1.82) is 0 Å². The van der Waals surface area contributed by atoms with Crippen LogP contribution in [0.3, 0.4) is 0 Å². The average molecular weight is 422 g/mol. The molecule has 6 heteroatoms. The van der Waals surface area contributed by atoms with E-state index >= 15 is 0 Å². The first-order chi connectivity index (χ1) is 14.5. The lowest BCUT2D eigenvalue weighted by Gasteiger charge is -2.33. The van der Waals surface area contributed by atoms with Crippen molar-refractivity contribution in [2.24, 2.45) is 0 Å². The van der Waals surface area contributed by atoms with E-state index in [1.807, 2.05) is 6.08 Å². The molecule has 1 aliphatic heterocycles. The van der Waals surface area contributed by atoms with Crippen LogP contribution in [0.1, 0.15) is 51.4 Å². The largest absolute Gasteiger partial charge is 0.357 e. The molecule has 0 spiro atoms. The van der Waals surface area contributed by atoms with Crippen molar-refractivity contribution < 1.29 is 14.3 Å². The van der Waals surface area contributed by atoms with Gasteiger partial charge in [0.1, 0.15) is 5.70 Å². The van der Waals surface area contributed by atoms with Gasteiger partial charge in [-0.05, 0) is 44.9 Å². The molecule has 2 amide bonds. The summed E-state index contributed by atoms with van der Waals surface area (Å²) in [6.07, 6.45) is 6.63. The van der Waals surface area contributed by atoms with Gasteiger partial charge in [0.25, 0.3) is 11.8 Å². The van der Waals surface area contributed by atoms with Gasteiger partial charge in [0.15, 0.2) is 0 Å². The predicted molar refractivity (Wildman–Crippen MR) is 124 cm³/mol. The number of fused-ring (bicyclic) bond motifs is 1. The number of benzene rings is 1. The van der Waals surface area contributed by atoms with Crippen LogP contribution < -0.4 is 10.6 Å². The summed E-state index contributed by atoms with van der Waals surface area (Å²) in [6.45, 7) is 13.8. The third-order valence-electron chi connectivity index (χ3n) is 5.78. The van der Waals surface area contributed by atoms with E-state index in [4.69, 9.17) is 4.74 Å². The minimum Gasteiger partial charge on any atom is -0.357 e. The number of amides is 2. The molecule has 3 rings (SSSR count). The first-order valence-electron chi connectivity index (χ1n) is 10.3. The fourth-order valence-corrected chi connectivity index (χ4v) is 3.50. The fourth-order valence-electron chi connectivity index (χ4n) is 3.50. The van der Waals surface area contributed by atoms with Crippen molar-refractivity contribution in [2.45, 2.75) is 52.2 Å². The Morgan fingerprint density at radius 1 is 1.26 bits per heavy atom. The number of carbonyl (C=O) groups is 2. The van der Waals surface area contributed by atoms with Gasteiger partial charge in [-0.3, -0.25) is 9.59 Å². The number of H-pyrrole nitrogens is 1. The van der Waals surface area contributed by atoms with Crippen LogP contribution in [0, 0.1) is 0 Å². The third kappa shape index (κ3) is 4.35. The molecular formula is C25H31N3O3. The summed E-state index contributed by atoms with van der Waals surface area (Å²) >= 11 is 0. The lowest BCUT2D eigenvalue weighted by atomic mass is 9.86. The van der Waals surface area contributed by atoms with Crippen LogP contribution in [-0.2, 0) is 26.2 Å². The number of aromatic nitrogens is 1. The Bertz CT molecular complexity index is 1120. The van der Waals surface area contributed by atoms with Crippen LogP contribution >= 0.6 is 0 Å². The maximum Gasteiger partial charge on any atom is 0.277 e. The number of methoxy groups -OCH3 is 1. The summed E-state index contributed by atoms with van der Waals surface area (Å²) in [5.74, 6) is -0.824. The number of allylic oxidation sites excluding steroid dienone is 3. The molecule has 0 aliphatic carbocycles. The Morgan fingerprint density at radius 2 is 1.97 bits per heavy atom. The van der Waals surface area contributed by atoms with Crippen molar-refractivity contribution in [3.8, 4) is 0 Å². The molecule has 1 aromatic heterocycles. The monoisotopic (exact) mass is 421 g/mol. The summed E-state index contributed by atoms with van der Waals surface area (Å²) in [5.41, 5.74) is 3.62. The quantitative estimate of drug-likeness (QED) is 0.485. The van der Waals surface area contributed by atoms with Crippen molar-refractivity contribution in [3.63, 3.8) is 0 Å². The van der Waals surface area contributed by atoms with Gasteiger partial charge in [-0.25, -0.2) is 0 Å². The van der Waals surface area contributed by atoms with E-state index < -0.39 is 17.5 Å². The smallest absolute Gasteiger partial charge is 0.277 e. The molecule has 164 valence electrons. The van der Waals surface area contributed by atoms with Crippen molar-refractivity contribution in [3.05, 3.63) is 65.0 Å². The molecular weight excluding hydrogens is 390 g/mol. The standard InChI is InChI=1S/C25H31N3O3/c1-8-24(4,5)21-18(14-20-22(29)28-25(6,31-7)23(30)27-20)17-12-11-16(10-9-15(2)3)13-19(17)26-21/h8-9,11-14,26H,1,10H2,2-7H3,(H,27,30)(H,28,29). The number of carbonyl (C=O) groups excluding carboxylic acids is 2. The van der Waals surface area contributed by atoms with E-state index in [1.54, 1.807) is 6.08 Å². The first kappa shape index (κ1) is 22.6. The normalized spacial score (nSPS) is 20.5. The molecule has 0 radical (unpaired) electrons. The summed E-state index contributed by atoms with van der Waals surface area (Å²) in [5, 5.41) is 6.29. The van der Waals surface area contributed by atoms with E-state index in [0.29, 0.717) is 0 Å². The highest BCUT2D eigenvalue weighted by Gasteiger charge is 2.41.